The van der Waals surface area contributed by atoms with Gasteiger partial charge in [-0.2, -0.15) is 0 Å². The second kappa shape index (κ2) is 8.19. The zero-order valence-electron chi connectivity index (χ0n) is 9.82. The molecule has 0 unspecified atom stereocenters. The van der Waals surface area contributed by atoms with Crippen molar-refractivity contribution in [2.75, 3.05) is 40.8 Å². The Morgan fingerprint density at radius 2 is 1.73 bits per heavy atom. The molecule has 0 saturated heterocycles. The molecule has 0 saturated carbocycles. The summed E-state index contributed by atoms with van der Waals surface area (Å²) in [6, 6.07) is 0. The third-order valence-corrected chi connectivity index (χ3v) is 1.24. The molecule has 15 heavy (non-hydrogen) atoms. The second-order valence-corrected chi connectivity index (χ2v) is 3.95. The number of esters is 1. The van der Waals surface area contributed by atoms with Crippen molar-refractivity contribution in [3.8, 4) is 0 Å². The van der Waals surface area contributed by atoms with E-state index < -0.39 is 5.97 Å². The van der Waals surface area contributed by atoms with Crippen molar-refractivity contribution in [1.29, 1.82) is 0 Å². The predicted octanol–water partition coefficient (Wildman–Crippen LogP) is -0.715. The van der Waals surface area contributed by atoms with E-state index in [1.807, 2.05) is 0 Å². The van der Waals surface area contributed by atoms with Gasteiger partial charge in [0, 0.05) is 6.92 Å². The third kappa shape index (κ3) is 24.6. The van der Waals surface area contributed by atoms with E-state index in [1.54, 1.807) is 0 Å². The molecule has 6 nitrogen and oxygen atoms in total. The molecule has 0 aromatic carbocycles. The fourth-order valence-electron chi connectivity index (χ4n) is 0.463. The number of hydrogen-bond acceptors (Lipinski definition) is 4. The number of nitrogens with zero attached hydrogens (tertiary/aromatic N) is 1. The van der Waals surface area contributed by atoms with Crippen molar-refractivity contribution in [1.82, 2.24) is 0 Å². The number of carbonyl (C=O) groups excluding carboxylic acids is 1. The molecule has 0 aliphatic heterocycles. The summed E-state index contributed by atoms with van der Waals surface area (Å²) in [5, 5.41) is 7.60. The highest BCUT2D eigenvalue weighted by molar-refractivity contribution is 5.68. The zero-order valence-corrected chi connectivity index (χ0v) is 9.82. The molecule has 0 aliphatic carbocycles. The van der Waals surface area contributed by atoms with Crippen LogP contribution < -0.4 is 5.73 Å². The second-order valence-electron chi connectivity index (χ2n) is 3.95. The van der Waals surface area contributed by atoms with Crippen LogP contribution in [0.15, 0.2) is 0 Å². The Balaban J connectivity index is 0. The van der Waals surface area contributed by atoms with Gasteiger partial charge in [0.15, 0.2) is 0 Å². The number of carboxylic acids is 1. The first-order chi connectivity index (χ1) is 6.69. The lowest BCUT2D eigenvalue weighted by Crippen LogP contribution is -2.37. The third-order valence-electron chi connectivity index (χ3n) is 1.24. The highest BCUT2D eigenvalue weighted by Crippen LogP contribution is 1.88. The fraction of sp³-hybridized carbons (Fsp3) is 0.778. The van der Waals surface area contributed by atoms with E-state index in [9.17, 15) is 9.59 Å². The Morgan fingerprint density at radius 3 is 1.93 bits per heavy atom. The number of likely N-dealkylation sites (N-methyl/N-ethyl adjacent to an activating group) is 1. The Morgan fingerprint density at radius 1 is 1.33 bits per heavy atom. The highest BCUT2D eigenvalue weighted by Gasteiger charge is 2.06. The van der Waals surface area contributed by atoms with Gasteiger partial charge < -0.3 is 20.1 Å². The number of ether oxygens (including phenoxy) is 1. The molecule has 0 rings (SSSR count). The largest absolute Gasteiger partial charge is 0.480 e. The van der Waals surface area contributed by atoms with Gasteiger partial charge >= 0.3 is 11.9 Å². The van der Waals surface area contributed by atoms with E-state index in [2.05, 4.69) is 26.9 Å². The molecular weight excluding hydrogens is 200 g/mol. The van der Waals surface area contributed by atoms with Crippen LogP contribution in [-0.4, -0.2) is 62.4 Å². The summed E-state index contributed by atoms with van der Waals surface area (Å²) in [6.07, 6.45) is 0. The van der Waals surface area contributed by atoms with Crippen LogP contribution in [-0.2, 0) is 14.3 Å². The van der Waals surface area contributed by atoms with E-state index >= 15 is 0 Å². The van der Waals surface area contributed by atoms with Gasteiger partial charge in [-0.1, -0.05) is 0 Å². The van der Waals surface area contributed by atoms with Crippen molar-refractivity contribution in [2.24, 2.45) is 5.73 Å². The van der Waals surface area contributed by atoms with E-state index in [0.29, 0.717) is 6.61 Å². The molecule has 0 atom stereocenters. The minimum Gasteiger partial charge on any atom is -0.480 e. The fourth-order valence-corrected chi connectivity index (χ4v) is 0.463. The number of aliphatic carboxylic acids is 1. The molecule has 0 radical (unpaired) electrons. The molecular formula is C9H21N2O4+. The molecule has 3 N–H and O–H groups in total. The summed E-state index contributed by atoms with van der Waals surface area (Å²) in [5.74, 6) is -1.17. The first-order valence-electron chi connectivity index (χ1n) is 4.54. The summed E-state index contributed by atoms with van der Waals surface area (Å²) in [7, 11) is 6.18. The van der Waals surface area contributed by atoms with Crippen LogP contribution in [0, 0.1) is 0 Å². The van der Waals surface area contributed by atoms with Crippen molar-refractivity contribution in [3.05, 3.63) is 0 Å². The molecule has 0 fully saturated rings. The van der Waals surface area contributed by atoms with Gasteiger partial charge in [-0.25, -0.2) is 0 Å². The maximum Gasteiger partial charge on any atom is 0.317 e. The smallest absolute Gasteiger partial charge is 0.317 e. The number of carbonyl (C=O) groups is 2. The van der Waals surface area contributed by atoms with Gasteiger partial charge in [-0.15, -0.1) is 0 Å². The number of rotatable bonds is 4. The van der Waals surface area contributed by atoms with Gasteiger partial charge in [0.05, 0.1) is 27.7 Å². The highest BCUT2D eigenvalue weighted by atomic mass is 16.5. The quantitative estimate of drug-likeness (QED) is 0.483. The molecule has 0 spiro atoms. The SMILES string of the molecule is CC(=O)OCC[N+](C)(C)C.NCC(=O)O. The van der Waals surface area contributed by atoms with E-state index in [1.165, 1.54) is 6.92 Å². The number of quaternary nitrogens is 1. The summed E-state index contributed by atoms with van der Waals surface area (Å²) in [5.41, 5.74) is 4.57. The van der Waals surface area contributed by atoms with Crippen LogP contribution in [0.5, 0.6) is 0 Å². The lowest BCUT2D eigenvalue weighted by atomic mass is 10.5. The van der Waals surface area contributed by atoms with Crippen molar-refractivity contribution >= 4 is 11.9 Å². The Kier molecular flexibility index (Phi) is 8.90. The van der Waals surface area contributed by atoms with Crippen LogP contribution in [0.2, 0.25) is 0 Å². The summed E-state index contributed by atoms with van der Waals surface area (Å²) in [6.45, 7) is 2.52. The maximum atomic E-state index is 10.3. The van der Waals surface area contributed by atoms with Crippen LogP contribution >= 0.6 is 0 Å². The first-order valence-corrected chi connectivity index (χ1v) is 4.54. The predicted molar refractivity (Wildman–Crippen MR) is 56.2 cm³/mol. The maximum absolute atomic E-state index is 10.3. The Bertz CT molecular complexity index is 199. The Hall–Kier alpha value is -1.14. The first kappa shape index (κ1) is 16.3. The Labute approximate surface area is 90.2 Å². The van der Waals surface area contributed by atoms with Gasteiger partial charge in [0.1, 0.15) is 13.2 Å². The number of carboxylic acid groups (broad SMARTS) is 1. The molecule has 0 bridgehead atoms. The van der Waals surface area contributed by atoms with Crippen molar-refractivity contribution in [2.45, 2.75) is 6.92 Å². The summed E-state index contributed by atoms with van der Waals surface area (Å²) < 4.78 is 5.59. The van der Waals surface area contributed by atoms with Crippen LogP contribution in [0.25, 0.3) is 0 Å². The molecule has 0 amide bonds. The van der Waals surface area contributed by atoms with Crippen molar-refractivity contribution in [3.63, 3.8) is 0 Å². The van der Waals surface area contributed by atoms with E-state index in [4.69, 9.17) is 9.84 Å². The molecule has 6 heteroatoms. The molecule has 0 aromatic rings. The van der Waals surface area contributed by atoms with Gasteiger partial charge in [0.2, 0.25) is 0 Å². The lowest BCUT2D eigenvalue weighted by molar-refractivity contribution is -0.870. The lowest BCUT2D eigenvalue weighted by Gasteiger charge is -2.23. The van der Waals surface area contributed by atoms with Crippen LogP contribution in [0.4, 0.5) is 0 Å². The van der Waals surface area contributed by atoms with Crippen LogP contribution in [0.1, 0.15) is 6.92 Å². The van der Waals surface area contributed by atoms with E-state index in [0.717, 1.165) is 11.0 Å². The number of hydrogen-bond donors (Lipinski definition) is 2. The van der Waals surface area contributed by atoms with E-state index in [-0.39, 0.29) is 12.5 Å². The van der Waals surface area contributed by atoms with Gasteiger partial charge in [-0.3, -0.25) is 9.59 Å². The van der Waals surface area contributed by atoms with Crippen LogP contribution in [0.3, 0.4) is 0 Å². The zero-order chi connectivity index (χ0) is 12.5. The summed E-state index contributed by atoms with van der Waals surface area (Å²) in [4.78, 5) is 19.5. The molecule has 0 heterocycles. The van der Waals surface area contributed by atoms with Gasteiger partial charge in [-0.05, 0) is 0 Å². The van der Waals surface area contributed by atoms with Crippen molar-refractivity contribution < 1.29 is 23.9 Å². The topological polar surface area (TPSA) is 89.6 Å². The average molecular weight is 221 g/mol. The normalized spacial score (nSPS) is 9.93. The molecule has 0 aliphatic rings. The molecule has 0 aromatic heterocycles. The minimum absolute atomic E-state index is 0.201. The number of nitrogens with two attached hydrogens (primary N) is 1. The van der Waals surface area contributed by atoms with Gasteiger partial charge in [0.25, 0.3) is 0 Å². The minimum atomic E-state index is -0.968. The monoisotopic (exact) mass is 221 g/mol. The standard InChI is InChI=1S/C7H16NO2.C2H5NO2/c1-7(9)10-6-5-8(2,3)4;3-1-2(4)5/h5-6H2,1-4H3;1,3H2,(H,4,5)/q+1;. The summed E-state index contributed by atoms with van der Waals surface area (Å²) >= 11 is 0. The average Bonchev–Trinajstić information content (AvgIpc) is 2.02. The molecule has 90 valence electrons.